The molecule has 0 bridgehead atoms. The molecule has 0 saturated carbocycles. The molecule has 1 amide bonds. The largest absolute Gasteiger partial charge is 0.427 e. The molecular weight excluding hydrogens is 320 g/mol. The van der Waals surface area contributed by atoms with Gasteiger partial charge in [-0.05, 0) is 37.9 Å². The zero-order valence-electron chi connectivity index (χ0n) is 14.2. The van der Waals surface area contributed by atoms with Crippen molar-refractivity contribution in [1.82, 2.24) is 20.6 Å². The summed E-state index contributed by atoms with van der Waals surface area (Å²) in [4.78, 5) is 32.8. The highest BCUT2D eigenvalue weighted by atomic mass is 16.4. The summed E-state index contributed by atoms with van der Waals surface area (Å²) in [7, 11) is 0. The molecule has 2 aromatic heterocycles. The Balaban J connectivity index is 1.66. The molecule has 0 spiro atoms. The van der Waals surface area contributed by atoms with Crippen LogP contribution in [0, 0.1) is 6.92 Å². The number of nitrogens with one attached hydrogen (secondary N) is 2. The number of piperidine rings is 1. The Hall–Kier alpha value is -2.54. The van der Waals surface area contributed by atoms with Crippen LogP contribution >= 0.6 is 0 Å². The number of nitrogens with zero attached hydrogens (tertiary/aromatic N) is 2. The van der Waals surface area contributed by atoms with Crippen molar-refractivity contribution in [1.29, 1.82) is 0 Å². The van der Waals surface area contributed by atoms with Crippen LogP contribution in [-0.2, 0) is 6.42 Å². The van der Waals surface area contributed by atoms with Crippen LogP contribution in [0.15, 0.2) is 33.9 Å². The maximum absolute atomic E-state index is 12.3. The summed E-state index contributed by atoms with van der Waals surface area (Å²) in [5.74, 6) is 0.434. The zero-order chi connectivity index (χ0) is 17.6. The Morgan fingerprint density at radius 2 is 2.32 bits per heavy atom. The third-order valence-corrected chi connectivity index (χ3v) is 4.38. The molecule has 7 heteroatoms. The zero-order valence-corrected chi connectivity index (χ0v) is 14.2. The minimum Gasteiger partial charge on any atom is -0.427 e. The summed E-state index contributed by atoms with van der Waals surface area (Å²) >= 11 is 0. The van der Waals surface area contributed by atoms with Crippen molar-refractivity contribution in [3.05, 3.63) is 57.7 Å². The lowest BCUT2D eigenvalue weighted by Crippen LogP contribution is -2.32. The maximum Gasteiger partial charge on any atom is 0.349 e. The molecule has 0 aromatic carbocycles. The van der Waals surface area contributed by atoms with Gasteiger partial charge >= 0.3 is 5.63 Å². The van der Waals surface area contributed by atoms with Crippen LogP contribution in [0.5, 0.6) is 0 Å². The topological polar surface area (TPSA) is 97.1 Å². The van der Waals surface area contributed by atoms with Gasteiger partial charge in [0, 0.05) is 44.0 Å². The third kappa shape index (κ3) is 4.30. The molecule has 1 aliphatic heterocycles. The van der Waals surface area contributed by atoms with Crippen molar-refractivity contribution >= 4 is 5.91 Å². The standard InChI is InChI=1S/C18H22N4O3/c1-12-9-15(13-3-2-5-19-10-13)25-18(24)16(12)17(23)22-6-4-14-11-20-7-8-21-14/h7-9,11,13,19H,2-6,10H2,1H3,(H,22,23). The molecule has 1 fully saturated rings. The van der Waals surface area contributed by atoms with E-state index in [-0.39, 0.29) is 11.5 Å². The quantitative estimate of drug-likeness (QED) is 0.847. The lowest BCUT2D eigenvalue weighted by atomic mass is 9.95. The molecule has 25 heavy (non-hydrogen) atoms. The number of amides is 1. The number of aromatic nitrogens is 2. The highest BCUT2D eigenvalue weighted by Gasteiger charge is 2.22. The minimum absolute atomic E-state index is 0.0756. The van der Waals surface area contributed by atoms with Crippen molar-refractivity contribution < 1.29 is 9.21 Å². The van der Waals surface area contributed by atoms with E-state index in [4.69, 9.17) is 4.42 Å². The number of hydrogen-bond donors (Lipinski definition) is 2. The molecule has 3 rings (SSSR count). The van der Waals surface area contributed by atoms with Gasteiger partial charge in [0.25, 0.3) is 5.91 Å². The predicted molar refractivity (Wildman–Crippen MR) is 92.6 cm³/mol. The van der Waals surface area contributed by atoms with E-state index in [0.29, 0.717) is 24.3 Å². The SMILES string of the molecule is Cc1cc(C2CCCNC2)oc(=O)c1C(=O)NCCc1cnccn1. The lowest BCUT2D eigenvalue weighted by Gasteiger charge is -2.22. The lowest BCUT2D eigenvalue weighted by molar-refractivity contribution is 0.0948. The van der Waals surface area contributed by atoms with Crippen LogP contribution < -0.4 is 16.3 Å². The molecule has 1 atom stereocenters. The number of carbonyl (C=O) groups excluding carboxylic acids is 1. The Bertz CT molecular complexity index is 783. The fourth-order valence-corrected chi connectivity index (χ4v) is 3.05. The van der Waals surface area contributed by atoms with Gasteiger partial charge in [-0.2, -0.15) is 0 Å². The molecule has 0 aliphatic carbocycles. The Morgan fingerprint density at radius 3 is 3.00 bits per heavy atom. The van der Waals surface area contributed by atoms with Crippen molar-refractivity contribution in [2.24, 2.45) is 0 Å². The summed E-state index contributed by atoms with van der Waals surface area (Å²) < 4.78 is 5.44. The molecule has 1 saturated heterocycles. The second-order valence-electron chi connectivity index (χ2n) is 6.24. The van der Waals surface area contributed by atoms with E-state index >= 15 is 0 Å². The van der Waals surface area contributed by atoms with E-state index < -0.39 is 11.5 Å². The first-order valence-electron chi connectivity index (χ1n) is 8.53. The van der Waals surface area contributed by atoms with Crippen LogP contribution in [0.1, 0.15) is 46.1 Å². The van der Waals surface area contributed by atoms with E-state index in [9.17, 15) is 9.59 Å². The first kappa shape index (κ1) is 17.3. The smallest absolute Gasteiger partial charge is 0.349 e. The van der Waals surface area contributed by atoms with Gasteiger partial charge in [-0.25, -0.2) is 4.79 Å². The first-order valence-corrected chi connectivity index (χ1v) is 8.53. The Kier molecular flexibility index (Phi) is 5.55. The molecule has 1 aliphatic rings. The van der Waals surface area contributed by atoms with Crippen molar-refractivity contribution in [3.63, 3.8) is 0 Å². The monoisotopic (exact) mass is 342 g/mol. The molecule has 3 heterocycles. The number of aryl methyl sites for hydroxylation is 1. The van der Waals surface area contributed by atoms with Gasteiger partial charge in [0.2, 0.25) is 0 Å². The number of rotatable bonds is 5. The predicted octanol–water partition coefficient (Wildman–Crippen LogP) is 1.18. The summed E-state index contributed by atoms with van der Waals surface area (Å²) in [5, 5.41) is 6.05. The van der Waals surface area contributed by atoms with Gasteiger partial charge in [-0.1, -0.05) is 0 Å². The highest BCUT2D eigenvalue weighted by molar-refractivity contribution is 5.95. The molecule has 1 unspecified atom stereocenters. The van der Waals surface area contributed by atoms with Gasteiger partial charge in [0.15, 0.2) is 0 Å². The van der Waals surface area contributed by atoms with Crippen LogP contribution in [0.4, 0.5) is 0 Å². The molecule has 2 N–H and O–H groups in total. The highest BCUT2D eigenvalue weighted by Crippen LogP contribution is 2.23. The van der Waals surface area contributed by atoms with Gasteiger partial charge < -0.3 is 15.1 Å². The fraction of sp³-hybridized carbons (Fsp3) is 0.444. The Morgan fingerprint density at radius 1 is 1.44 bits per heavy atom. The first-order chi connectivity index (χ1) is 12.1. The third-order valence-electron chi connectivity index (χ3n) is 4.38. The van der Waals surface area contributed by atoms with Gasteiger partial charge in [0.05, 0.1) is 5.69 Å². The van der Waals surface area contributed by atoms with Crippen LogP contribution in [0.2, 0.25) is 0 Å². The van der Waals surface area contributed by atoms with Gasteiger partial charge in [-0.15, -0.1) is 0 Å². The van der Waals surface area contributed by atoms with Crippen molar-refractivity contribution in [2.75, 3.05) is 19.6 Å². The van der Waals surface area contributed by atoms with E-state index in [1.807, 2.05) is 6.07 Å². The van der Waals surface area contributed by atoms with E-state index in [1.165, 1.54) is 0 Å². The summed E-state index contributed by atoms with van der Waals surface area (Å²) in [5.41, 5.74) is 0.935. The molecule has 0 radical (unpaired) electrons. The molecule has 132 valence electrons. The van der Waals surface area contributed by atoms with E-state index in [1.54, 1.807) is 25.5 Å². The van der Waals surface area contributed by atoms with Gasteiger partial charge in [-0.3, -0.25) is 14.8 Å². The van der Waals surface area contributed by atoms with E-state index in [0.717, 1.165) is 31.6 Å². The number of carbonyl (C=O) groups is 1. The summed E-state index contributed by atoms with van der Waals surface area (Å²) in [6.45, 7) is 3.94. The summed E-state index contributed by atoms with van der Waals surface area (Å²) in [6.07, 6.45) is 7.44. The maximum atomic E-state index is 12.3. The second kappa shape index (κ2) is 8.02. The molecule has 2 aromatic rings. The normalized spacial score (nSPS) is 17.2. The van der Waals surface area contributed by atoms with Crippen molar-refractivity contribution in [2.45, 2.75) is 32.1 Å². The molecule has 7 nitrogen and oxygen atoms in total. The van der Waals surface area contributed by atoms with E-state index in [2.05, 4.69) is 20.6 Å². The average molecular weight is 342 g/mol. The van der Waals surface area contributed by atoms with Crippen LogP contribution in [0.25, 0.3) is 0 Å². The minimum atomic E-state index is -0.572. The number of hydrogen-bond acceptors (Lipinski definition) is 6. The Labute approximate surface area is 145 Å². The van der Waals surface area contributed by atoms with Crippen LogP contribution in [-0.4, -0.2) is 35.5 Å². The van der Waals surface area contributed by atoms with Gasteiger partial charge in [0.1, 0.15) is 11.3 Å². The fourth-order valence-electron chi connectivity index (χ4n) is 3.05. The van der Waals surface area contributed by atoms with Crippen molar-refractivity contribution in [3.8, 4) is 0 Å². The summed E-state index contributed by atoms with van der Waals surface area (Å²) in [6, 6.07) is 1.82. The second-order valence-corrected chi connectivity index (χ2v) is 6.24. The molecular formula is C18H22N4O3. The van der Waals surface area contributed by atoms with Crippen LogP contribution in [0.3, 0.4) is 0 Å². The average Bonchev–Trinajstić information content (AvgIpc) is 2.63.